The summed E-state index contributed by atoms with van der Waals surface area (Å²) in [6, 6.07) is 4.81. The van der Waals surface area contributed by atoms with Crippen molar-refractivity contribution < 1.29 is 17.9 Å². The molecule has 0 aliphatic heterocycles. The standard InChI is InChI=1S/C14H21NO4S/c1-10-4-5-14(19-2)11(8-10)9-13(16)12(15)6-7-20(3,17)18/h4-5,8,12H,6-7,9,15H2,1-3H3. The van der Waals surface area contributed by atoms with Crippen molar-refractivity contribution in [3.63, 3.8) is 0 Å². The molecular formula is C14H21NO4S. The van der Waals surface area contributed by atoms with Gasteiger partial charge >= 0.3 is 0 Å². The van der Waals surface area contributed by atoms with Gasteiger partial charge in [-0.05, 0) is 19.4 Å². The number of methoxy groups -OCH3 is 1. The third-order valence-electron chi connectivity index (χ3n) is 3.01. The fraction of sp³-hybridized carbons (Fsp3) is 0.500. The number of carbonyl (C=O) groups is 1. The number of sulfone groups is 1. The topological polar surface area (TPSA) is 86.5 Å². The SMILES string of the molecule is COc1ccc(C)cc1CC(=O)C(N)CCS(C)(=O)=O. The van der Waals surface area contributed by atoms with Gasteiger partial charge in [-0.3, -0.25) is 4.79 Å². The highest BCUT2D eigenvalue weighted by Gasteiger charge is 2.18. The van der Waals surface area contributed by atoms with Crippen molar-refractivity contribution >= 4 is 15.6 Å². The minimum absolute atomic E-state index is 0.0785. The molecular weight excluding hydrogens is 278 g/mol. The number of aryl methyl sites for hydroxylation is 1. The summed E-state index contributed by atoms with van der Waals surface area (Å²) in [6.45, 7) is 1.93. The fourth-order valence-electron chi connectivity index (χ4n) is 1.87. The lowest BCUT2D eigenvalue weighted by atomic mass is 10.0. The molecule has 6 heteroatoms. The molecule has 0 amide bonds. The molecule has 0 radical (unpaired) electrons. The quantitative estimate of drug-likeness (QED) is 0.807. The van der Waals surface area contributed by atoms with E-state index in [4.69, 9.17) is 10.5 Å². The van der Waals surface area contributed by atoms with Crippen LogP contribution in [0.2, 0.25) is 0 Å². The van der Waals surface area contributed by atoms with E-state index in [-0.39, 0.29) is 24.4 Å². The van der Waals surface area contributed by atoms with E-state index < -0.39 is 15.9 Å². The van der Waals surface area contributed by atoms with Crippen molar-refractivity contribution in [2.24, 2.45) is 5.73 Å². The van der Waals surface area contributed by atoms with E-state index >= 15 is 0 Å². The lowest BCUT2D eigenvalue weighted by molar-refractivity contribution is -0.119. The monoisotopic (exact) mass is 299 g/mol. The zero-order chi connectivity index (χ0) is 15.3. The first-order valence-corrected chi connectivity index (χ1v) is 8.38. The number of nitrogens with two attached hydrogens (primary N) is 1. The van der Waals surface area contributed by atoms with Crippen LogP contribution in [0.5, 0.6) is 5.75 Å². The molecule has 0 saturated heterocycles. The molecule has 0 aliphatic carbocycles. The maximum atomic E-state index is 12.0. The number of hydrogen-bond acceptors (Lipinski definition) is 5. The first-order chi connectivity index (χ1) is 9.23. The molecule has 1 rings (SSSR count). The summed E-state index contributed by atoms with van der Waals surface area (Å²) < 4.78 is 27.4. The van der Waals surface area contributed by atoms with Crippen LogP contribution in [0.1, 0.15) is 17.5 Å². The molecule has 2 N–H and O–H groups in total. The van der Waals surface area contributed by atoms with Gasteiger partial charge in [0.25, 0.3) is 0 Å². The second-order valence-electron chi connectivity index (χ2n) is 4.98. The van der Waals surface area contributed by atoms with Gasteiger partial charge < -0.3 is 10.5 Å². The number of ketones is 1. The van der Waals surface area contributed by atoms with Crippen molar-refractivity contribution in [2.45, 2.75) is 25.8 Å². The molecule has 0 aliphatic rings. The Hall–Kier alpha value is -1.40. The van der Waals surface area contributed by atoms with E-state index in [0.717, 1.165) is 17.4 Å². The van der Waals surface area contributed by atoms with Gasteiger partial charge in [0.05, 0.1) is 18.9 Å². The van der Waals surface area contributed by atoms with Crippen LogP contribution in [-0.2, 0) is 21.1 Å². The zero-order valence-corrected chi connectivity index (χ0v) is 12.9. The van der Waals surface area contributed by atoms with Gasteiger partial charge in [-0.2, -0.15) is 0 Å². The van der Waals surface area contributed by atoms with E-state index in [1.54, 1.807) is 13.2 Å². The van der Waals surface area contributed by atoms with E-state index in [1.807, 2.05) is 19.1 Å². The molecule has 0 fully saturated rings. The van der Waals surface area contributed by atoms with Crippen molar-refractivity contribution in [2.75, 3.05) is 19.1 Å². The molecule has 1 aromatic carbocycles. The molecule has 0 saturated carbocycles. The Labute approximate surface area is 120 Å². The first-order valence-electron chi connectivity index (χ1n) is 6.32. The van der Waals surface area contributed by atoms with E-state index in [2.05, 4.69) is 0 Å². The Morgan fingerprint density at radius 1 is 1.40 bits per heavy atom. The lowest BCUT2D eigenvalue weighted by Gasteiger charge is -2.12. The lowest BCUT2D eigenvalue weighted by Crippen LogP contribution is -2.33. The van der Waals surface area contributed by atoms with Gasteiger partial charge in [-0.1, -0.05) is 17.7 Å². The van der Waals surface area contributed by atoms with Crippen molar-refractivity contribution in [1.82, 2.24) is 0 Å². The third-order valence-corrected chi connectivity index (χ3v) is 3.99. The number of carbonyl (C=O) groups excluding carboxylic acids is 1. The number of benzene rings is 1. The predicted octanol–water partition coefficient (Wildman–Crippen LogP) is 0.877. The highest BCUT2D eigenvalue weighted by Crippen LogP contribution is 2.20. The highest BCUT2D eigenvalue weighted by molar-refractivity contribution is 7.90. The summed E-state index contributed by atoms with van der Waals surface area (Å²) in [5.41, 5.74) is 7.54. The average molecular weight is 299 g/mol. The Balaban J connectivity index is 2.73. The van der Waals surface area contributed by atoms with Crippen LogP contribution in [0.3, 0.4) is 0 Å². The van der Waals surface area contributed by atoms with Gasteiger partial charge in [0.2, 0.25) is 0 Å². The van der Waals surface area contributed by atoms with Crippen LogP contribution in [0.4, 0.5) is 0 Å². The Morgan fingerprint density at radius 2 is 2.05 bits per heavy atom. The van der Waals surface area contributed by atoms with Crippen molar-refractivity contribution in [3.05, 3.63) is 29.3 Å². The zero-order valence-electron chi connectivity index (χ0n) is 12.0. The second kappa shape index (κ2) is 6.85. The number of hydrogen-bond donors (Lipinski definition) is 1. The highest BCUT2D eigenvalue weighted by atomic mass is 32.2. The minimum atomic E-state index is -3.10. The molecule has 1 aromatic rings. The van der Waals surface area contributed by atoms with Crippen LogP contribution in [0.15, 0.2) is 18.2 Å². The first kappa shape index (κ1) is 16.7. The Kier molecular flexibility index (Phi) is 5.71. The molecule has 0 aromatic heterocycles. The van der Waals surface area contributed by atoms with Gasteiger partial charge in [-0.15, -0.1) is 0 Å². The summed E-state index contributed by atoms with van der Waals surface area (Å²) in [5, 5.41) is 0. The second-order valence-corrected chi connectivity index (χ2v) is 7.24. The molecule has 5 nitrogen and oxygen atoms in total. The summed E-state index contributed by atoms with van der Waals surface area (Å²) in [5.74, 6) is 0.377. The molecule has 1 atom stereocenters. The summed E-state index contributed by atoms with van der Waals surface area (Å²) in [6.07, 6.45) is 1.43. The fourth-order valence-corrected chi connectivity index (χ4v) is 2.55. The van der Waals surface area contributed by atoms with Crippen LogP contribution in [0.25, 0.3) is 0 Å². The average Bonchev–Trinajstić information content (AvgIpc) is 2.35. The number of Topliss-reactive ketones (excluding diaryl/α,β-unsaturated/α-hetero) is 1. The largest absolute Gasteiger partial charge is 0.496 e. The molecule has 112 valence electrons. The number of ether oxygens (including phenoxy) is 1. The van der Waals surface area contributed by atoms with Crippen molar-refractivity contribution in [1.29, 1.82) is 0 Å². The smallest absolute Gasteiger partial charge is 0.154 e. The van der Waals surface area contributed by atoms with E-state index in [9.17, 15) is 13.2 Å². The molecule has 0 heterocycles. The van der Waals surface area contributed by atoms with Crippen molar-refractivity contribution in [3.8, 4) is 5.75 Å². The van der Waals surface area contributed by atoms with Crippen LogP contribution in [-0.4, -0.2) is 39.4 Å². The Morgan fingerprint density at radius 3 is 2.60 bits per heavy atom. The molecule has 20 heavy (non-hydrogen) atoms. The van der Waals surface area contributed by atoms with Crippen LogP contribution < -0.4 is 10.5 Å². The maximum Gasteiger partial charge on any atom is 0.154 e. The van der Waals surface area contributed by atoms with Gasteiger partial charge in [0.1, 0.15) is 15.6 Å². The maximum absolute atomic E-state index is 12.0. The normalized spacial score (nSPS) is 13.0. The van der Waals surface area contributed by atoms with Crippen LogP contribution >= 0.6 is 0 Å². The number of rotatable bonds is 7. The molecule has 0 spiro atoms. The molecule has 1 unspecified atom stereocenters. The molecule has 0 bridgehead atoms. The minimum Gasteiger partial charge on any atom is -0.496 e. The predicted molar refractivity (Wildman–Crippen MR) is 78.7 cm³/mol. The van der Waals surface area contributed by atoms with E-state index in [0.29, 0.717) is 5.75 Å². The summed E-state index contributed by atoms with van der Waals surface area (Å²) in [7, 11) is -1.56. The van der Waals surface area contributed by atoms with Gasteiger partial charge in [0, 0.05) is 18.2 Å². The van der Waals surface area contributed by atoms with E-state index in [1.165, 1.54) is 0 Å². The van der Waals surface area contributed by atoms with Crippen LogP contribution in [0, 0.1) is 6.92 Å². The summed E-state index contributed by atoms with van der Waals surface area (Å²) in [4.78, 5) is 12.0. The Bertz CT molecular complexity index is 581. The van der Waals surface area contributed by atoms with Gasteiger partial charge in [0.15, 0.2) is 5.78 Å². The third kappa shape index (κ3) is 5.30. The summed E-state index contributed by atoms with van der Waals surface area (Å²) >= 11 is 0. The van der Waals surface area contributed by atoms with Gasteiger partial charge in [-0.25, -0.2) is 8.42 Å².